The third kappa shape index (κ3) is 3.91. The standard InChI is InChI=1S/C17H28N4O3S/c1-18-7-6-8-20(12-11-18)17(22)16-13-15(14-19(16)2)25(23,24)21-9-4-3-5-10-21/h13-14H,3-12H2,1-2H3. The minimum Gasteiger partial charge on any atom is -0.345 e. The summed E-state index contributed by atoms with van der Waals surface area (Å²) in [6.07, 6.45) is 5.39. The highest BCUT2D eigenvalue weighted by Crippen LogP contribution is 2.23. The van der Waals surface area contributed by atoms with Crippen LogP contribution in [-0.4, -0.2) is 79.3 Å². The maximum atomic E-state index is 12.9. The molecule has 0 N–H and O–H groups in total. The lowest BCUT2D eigenvalue weighted by molar-refractivity contribution is 0.0753. The van der Waals surface area contributed by atoms with Gasteiger partial charge in [-0.05, 0) is 38.9 Å². The van der Waals surface area contributed by atoms with Crippen LogP contribution in [0, 0.1) is 0 Å². The van der Waals surface area contributed by atoms with Gasteiger partial charge in [-0.2, -0.15) is 4.31 Å². The molecule has 25 heavy (non-hydrogen) atoms. The summed E-state index contributed by atoms with van der Waals surface area (Å²) in [5, 5.41) is 0. The van der Waals surface area contributed by atoms with E-state index < -0.39 is 10.0 Å². The summed E-state index contributed by atoms with van der Waals surface area (Å²) in [6, 6.07) is 1.54. The molecule has 8 heteroatoms. The highest BCUT2D eigenvalue weighted by atomic mass is 32.2. The third-order valence-corrected chi connectivity index (χ3v) is 7.02. The zero-order valence-electron chi connectivity index (χ0n) is 15.1. The molecule has 0 atom stereocenters. The number of aromatic nitrogens is 1. The second kappa shape index (κ2) is 7.47. The number of sulfonamides is 1. The van der Waals surface area contributed by atoms with Gasteiger partial charge in [0, 0.05) is 46.0 Å². The van der Waals surface area contributed by atoms with Crippen molar-refractivity contribution in [2.24, 2.45) is 7.05 Å². The molecule has 7 nitrogen and oxygen atoms in total. The fourth-order valence-corrected chi connectivity index (χ4v) is 5.14. The molecule has 3 rings (SSSR count). The Morgan fingerprint density at radius 1 is 0.920 bits per heavy atom. The Kier molecular flexibility index (Phi) is 5.50. The van der Waals surface area contributed by atoms with Crippen molar-refractivity contribution >= 4 is 15.9 Å². The number of hydrogen-bond donors (Lipinski definition) is 0. The van der Waals surface area contributed by atoms with Gasteiger partial charge in [0.25, 0.3) is 5.91 Å². The number of aryl methyl sites for hydroxylation is 1. The highest BCUT2D eigenvalue weighted by Gasteiger charge is 2.29. The van der Waals surface area contributed by atoms with Crippen molar-refractivity contribution in [3.05, 3.63) is 18.0 Å². The van der Waals surface area contributed by atoms with Crippen molar-refractivity contribution < 1.29 is 13.2 Å². The van der Waals surface area contributed by atoms with E-state index in [0.717, 1.165) is 38.8 Å². The van der Waals surface area contributed by atoms with E-state index in [1.807, 2.05) is 4.90 Å². The van der Waals surface area contributed by atoms with Crippen LogP contribution in [0.4, 0.5) is 0 Å². The van der Waals surface area contributed by atoms with Crippen molar-refractivity contribution in [3.63, 3.8) is 0 Å². The number of hydrogen-bond acceptors (Lipinski definition) is 4. The molecule has 0 bridgehead atoms. The molecule has 0 aliphatic carbocycles. The van der Waals surface area contributed by atoms with E-state index >= 15 is 0 Å². The van der Waals surface area contributed by atoms with Gasteiger partial charge in [-0.25, -0.2) is 8.42 Å². The number of carbonyl (C=O) groups excluding carboxylic acids is 1. The summed E-state index contributed by atoms with van der Waals surface area (Å²) in [4.78, 5) is 17.1. The molecule has 140 valence electrons. The van der Waals surface area contributed by atoms with E-state index in [2.05, 4.69) is 11.9 Å². The first-order valence-electron chi connectivity index (χ1n) is 9.04. The van der Waals surface area contributed by atoms with E-state index in [4.69, 9.17) is 0 Å². The van der Waals surface area contributed by atoms with Gasteiger partial charge >= 0.3 is 0 Å². The molecule has 3 heterocycles. The maximum Gasteiger partial charge on any atom is 0.270 e. The fraction of sp³-hybridized carbons (Fsp3) is 0.706. The van der Waals surface area contributed by atoms with Gasteiger partial charge in [-0.15, -0.1) is 0 Å². The highest BCUT2D eigenvalue weighted by molar-refractivity contribution is 7.89. The molecule has 0 radical (unpaired) electrons. The Labute approximate surface area is 150 Å². The molecule has 2 aliphatic heterocycles. The Morgan fingerprint density at radius 2 is 1.64 bits per heavy atom. The van der Waals surface area contributed by atoms with Crippen molar-refractivity contribution in [2.45, 2.75) is 30.6 Å². The predicted octanol–water partition coefficient (Wildman–Crippen LogP) is 0.977. The second-order valence-electron chi connectivity index (χ2n) is 7.09. The molecule has 2 saturated heterocycles. The minimum atomic E-state index is -3.51. The molecule has 0 aromatic carbocycles. The van der Waals surface area contributed by atoms with Crippen LogP contribution in [0.2, 0.25) is 0 Å². The lowest BCUT2D eigenvalue weighted by Gasteiger charge is -2.25. The van der Waals surface area contributed by atoms with Crippen LogP contribution in [0.1, 0.15) is 36.2 Å². The van der Waals surface area contributed by atoms with Crippen LogP contribution in [0.15, 0.2) is 17.2 Å². The van der Waals surface area contributed by atoms with Crippen LogP contribution < -0.4 is 0 Å². The van der Waals surface area contributed by atoms with Gasteiger partial charge in [-0.3, -0.25) is 4.79 Å². The quantitative estimate of drug-likeness (QED) is 0.798. The van der Waals surface area contributed by atoms with Crippen LogP contribution in [0.5, 0.6) is 0 Å². The number of likely N-dealkylation sites (N-methyl/N-ethyl adjacent to an activating group) is 1. The first-order chi connectivity index (χ1) is 11.9. The lowest BCUT2D eigenvalue weighted by Crippen LogP contribution is -2.35. The van der Waals surface area contributed by atoms with Crippen molar-refractivity contribution in [2.75, 3.05) is 46.3 Å². The minimum absolute atomic E-state index is 0.0853. The smallest absolute Gasteiger partial charge is 0.270 e. The normalized spacial score (nSPS) is 21.3. The van der Waals surface area contributed by atoms with Crippen LogP contribution in [0.25, 0.3) is 0 Å². The molecule has 2 aliphatic rings. The maximum absolute atomic E-state index is 12.9. The summed E-state index contributed by atoms with van der Waals surface area (Å²) in [5.41, 5.74) is 0.445. The molecule has 0 spiro atoms. The SMILES string of the molecule is CN1CCCN(C(=O)c2cc(S(=O)(=O)N3CCCCC3)cn2C)CC1. The zero-order valence-corrected chi connectivity index (χ0v) is 16.0. The Hall–Kier alpha value is -1.38. The van der Waals surface area contributed by atoms with E-state index in [0.29, 0.717) is 31.9 Å². The average Bonchev–Trinajstić information content (AvgIpc) is 2.87. The number of piperidine rings is 1. The summed E-state index contributed by atoms with van der Waals surface area (Å²) >= 11 is 0. The van der Waals surface area contributed by atoms with E-state index in [1.54, 1.807) is 28.2 Å². The van der Waals surface area contributed by atoms with Gasteiger partial charge in [-0.1, -0.05) is 6.42 Å². The third-order valence-electron chi connectivity index (χ3n) is 5.16. The summed E-state index contributed by atoms with van der Waals surface area (Å²) in [5.74, 6) is -0.0853. The van der Waals surface area contributed by atoms with Gasteiger partial charge in [0.05, 0.1) is 0 Å². The molecule has 1 aromatic heterocycles. The van der Waals surface area contributed by atoms with E-state index in [-0.39, 0.29) is 10.8 Å². The largest absolute Gasteiger partial charge is 0.345 e. The first-order valence-corrected chi connectivity index (χ1v) is 10.5. The van der Waals surface area contributed by atoms with Crippen molar-refractivity contribution in [1.29, 1.82) is 0 Å². The number of carbonyl (C=O) groups is 1. The fourth-order valence-electron chi connectivity index (χ4n) is 3.55. The summed E-state index contributed by atoms with van der Waals surface area (Å²) in [6.45, 7) is 4.34. The first kappa shape index (κ1) is 18.4. The Balaban J connectivity index is 1.81. The molecular weight excluding hydrogens is 340 g/mol. The van der Waals surface area contributed by atoms with Crippen LogP contribution in [-0.2, 0) is 17.1 Å². The molecule has 1 amide bonds. The molecular formula is C17H28N4O3S. The lowest BCUT2D eigenvalue weighted by atomic mass is 10.2. The zero-order chi connectivity index (χ0) is 18.0. The molecule has 1 aromatic rings. The summed E-state index contributed by atoms with van der Waals surface area (Å²) in [7, 11) is 0.287. The Bertz CT molecular complexity index is 722. The number of rotatable bonds is 3. The average molecular weight is 369 g/mol. The van der Waals surface area contributed by atoms with E-state index in [1.165, 1.54) is 0 Å². The molecule has 2 fully saturated rings. The van der Waals surface area contributed by atoms with Gasteiger partial charge in [0.2, 0.25) is 10.0 Å². The van der Waals surface area contributed by atoms with Gasteiger partial charge in [0.1, 0.15) is 10.6 Å². The van der Waals surface area contributed by atoms with Gasteiger partial charge in [0.15, 0.2) is 0 Å². The van der Waals surface area contributed by atoms with Crippen LogP contribution in [0.3, 0.4) is 0 Å². The topological polar surface area (TPSA) is 65.9 Å². The van der Waals surface area contributed by atoms with Gasteiger partial charge < -0.3 is 14.4 Å². The van der Waals surface area contributed by atoms with Crippen molar-refractivity contribution in [1.82, 2.24) is 18.7 Å². The Morgan fingerprint density at radius 3 is 2.36 bits per heavy atom. The number of nitrogens with zero attached hydrogens (tertiary/aromatic N) is 4. The van der Waals surface area contributed by atoms with E-state index in [9.17, 15) is 13.2 Å². The predicted molar refractivity (Wildman–Crippen MR) is 96.0 cm³/mol. The number of amides is 1. The summed E-state index contributed by atoms with van der Waals surface area (Å²) < 4.78 is 28.9. The van der Waals surface area contributed by atoms with Crippen molar-refractivity contribution in [3.8, 4) is 0 Å². The molecule has 0 unspecified atom stereocenters. The monoisotopic (exact) mass is 368 g/mol. The molecule has 0 saturated carbocycles. The second-order valence-corrected chi connectivity index (χ2v) is 9.02. The van der Waals surface area contributed by atoms with Crippen LogP contribution >= 0.6 is 0 Å².